The maximum Gasteiger partial charge on any atom is 0.0266 e. The maximum atomic E-state index is 2.45. The normalized spacial score (nSPS) is 51.4. The molecule has 3 fully saturated rings. The first-order valence-electron chi connectivity index (χ1n) is 5.71. The summed E-state index contributed by atoms with van der Waals surface area (Å²) in [4.78, 5) is 4.89. The van der Waals surface area contributed by atoms with Gasteiger partial charge in [0.15, 0.2) is 0 Å². The molecule has 82 valence electrons. The highest BCUT2D eigenvalue weighted by atomic mass is 15.3. The molecule has 0 N–H and O–H groups in total. The first-order chi connectivity index (χ1) is 6.36. The van der Waals surface area contributed by atoms with Gasteiger partial charge >= 0.3 is 0 Å². The predicted octanol–water partition coefficient (Wildman–Crippen LogP) is 1.67. The topological polar surface area (TPSA) is 6.48 Å². The Kier molecular flexibility index (Phi) is 2.04. The molecule has 0 aliphatic heterocycles. The van der Waals surface area contributed by atoms with E-state index < -0.39 is 0 Å². The van der Waals surface area contributed by atoms with Crippen molar-refractivity contribution in [1.29, 1.82) is 0 Å². The zero-order chi connectivity index (χ0) is 10.7. The van der Waals surface area contributed by atoms with Gasteiger partial charge < -0.3 is 9.80 Å². The first-order valence-corrected chi connectivity index (χ1v) is 5.71. The Balaban J connectivity index is 2.28. The summed E-state index contributed by atoms with van der Waals surface area (Å²) in [5.41, 5.74) is 0.915. The molecular weight excluding hydrogens is 172 g/mol. The highest BCUT2D eigenvalue weighted by Crippen LogP contribution is 2.66. The molecule has 0 saturated heterocycles. The lowest BCUT2D eigenvalue weighted by molar-refractivity contribution is -0.147. The van der Waals surface area contributed by atoms with Gasteiger partial charge in [0.25, 0.3) is 0 Å². The molecule has 0 spiro atoms. The fraction of sp³-hybridized carbons (Fsp3) is 1.00. The molecule has 3 saturated carbocycles. The van der Waals surface area contributed by atoms with Crippen LogP contribution in [0.4, 0.5) is 0 Å². The van der Waals surface area contributed by atoms with Gasteiger partial charge in [-0.25, -0.2) is 0 Å². The molecule has 2 bridgehead atoms. The fourth-order valence-corrected chi connectivity index (χ4v) is 4.32. The standard InChI is InChI=1S/C12H24N2/c1-11(13(3)4)9-7-8-10(11)12(9,2)14(5)6/h9-10H,7-8H2,1-6H3. The number of rotatable bonds is 2. The third-order valence-electron chi connectivity index (χ3n) is 5.49. The number of fused-ring (bicyclic) bond motifs is 1. The second-order valence-corrected chi connectivity index (χ2v) is 5.92. The summed E-state index contributed by atoms with van der Waals surface area (Å²) in [6, 6.07) is 0. The predicted molar refractivity (Wildman–Crippen MR) is 60.4 cm³/mol. The summed E-state index contributed by atoms with van der Waals surface area (Å²) in [5, 5.41) is 0. The summed E-state index contributed by atoms with van der Waals surface area (Å²) in [7, 11) is 8.95. The zero-order valence-electron chi connectivity index (χ0n) is 10.5. The van der Waals surface area contributed by atoms with E-state index in [0.717, 1.165) is 11.8 Å². The van der Waals surface area contributed by atoms with Gasteiger partial charge in [-0.2, -0.15) is 0 Å². The average molecular weight is 196 g/mol. The van der Waals surface area contributed by atoms with Crippen molar-refractivity contribution >= 4 is 0 Å². The quantitative estimate of drug-likeness (QED) is 0.663. The first kappa shape index (κ1) is 10.4. The van der Waals surface area contributed by atoms with E-state index in [4.69, 9.17) is 0 Å². The average Bonchev–Trinajstić information content (AvgIpc) is 2.61. The Labute approximate surface area is 88.3 Å². The van der Waals surface area contributed by atoms with Gasteiger partial charge in [0, 0.05) is 11.1 Å². The van der Waals surface area contributed by atoms with E-state index in [2.05, 4.69) is 51.8 Å². The molecule has 3 aliphatic carbocycles. The number of hydrogen-bond acceptors (Lipinski definition) is 2. The molecule has 14 heavy (non-hydrogen) atoms. The van der Waals surface area contributed by atoms with Crippen molar-refractivity contribution in [2.45, 2.75) is 37.8 Å². The van der Waals surface area contributed by atoms with Gasteiger partial charge in [0.05, 0.1) is 0 Å². The lowest BCUT2D eigenvalue weighted by Gasteiger charge is -2.66. The minimum atomic E-state index is 0.457. The Morgan fingerprint density at radius 1 is 0.786 bits per heavy atom. The van der Waals surface area contributed by atoms with Crippen LogP contribution in [-0.4, -0.2) is 49.1 Å². The van der Waals surface area contributed by atoms with Crippen molar-refractivity contribution in [3.63, 3.8) is 0 Å². The van der Waals surface area contributed by atoms with Gasteiger partial charge in [-0.1, -0.05) is 0 Å². The van der Waals surface area contributed by atoms with Crippen molar-refractivity contribution in [3.8, 4) is 0 Å². The lowest BCUT2D eigenvalue weighted by atomic mass is 9.52. The molecule has 0 aromatic carbocycles. The molecule has 0 amide bonds. The monoisotopic (exact) mass is 196 g/mol. The van der Waals surface area contributed by atoms with E-state index in [-0.39, 0.29) is 0 Å². The second-order valence-electron chi connectivity index (χ2n) is 5.92. The Hall–Kier alpha value is -0.0800. The Morgan fingerprint density at radius 3 is 1.29 bits per heavy atom. The fourth-order valence-electron chi connectivity index (χ4n) is 4.32. The van der Waals surface area contributed by atoms with Gasteiger partial charge in [-0.15, -0.1) is 0 Å². The molecule has 0 aromatic heterocycles. The summed E-state index contributed by atoms with van der Waals surface area (Å²) in [5.74, 6) is 1.70. The van der Waals surface area contributed by atoms with E-state index in [1.165, 1.54) is 12.8 Å². The molecule has 0 atom stereocenters. The summed E-state index contributed by atoms with van der Waals surface area (Å²) >= 11 is 0. The Morgan fingerprint density at radius 2 is 1.07 bits per heavy atom. The molecule has 0 radical (unpaired) electrons. The molecule has 3 aliphatic rings. The van der Waals surface area contributed by atoms with Crippen LogP contribution in [0.1, 0.15) is 26.7 Å². The van der Waals surface area contributed by atoms with Gasteiger partial charge in [0.2, 0.25) is 0 Å². The van der Waals surface area contributed by atoms with Gasteiger partial charge in [-0.05, 0) is 66.7 Å². The molecule has 2 heteroatoms. The van der Waals surface area contributed by atoms with Crippen molar-refractivity contribution in [2.24, 2.45) is 11.8 Å². The van der Waals surface area contributed by atoms with E-state index >= 15 is 0 Å². The van der Waals surface area contributed by atoms with Crippen molar-refractivity contribution in [1.82, 2.24) is 9.80 Å². The summed E-state index contributed by atoms with van der Waals surface area (Å²) in [6.07, 6.45) is 2.82. The summed E-state index contributed by atoms with van der Waals surface area (Å²) < 4.78 is 0. The van der Waals surface area contributed by atoms with Crippen LogP contribution in [0, 0.1) is 11.8 Å². The highest BCUT2D eigenvalue weighted by Gasteiger charge is 2.71. The third-order valence-corrected chi connectivity index (χ3v) is 5.49. The van der Waals surface area contributed by atoms with Crippen molar-refractivity contribution in [3.05, 3.63) is 0 Å². The number of nitrogens with zero attached hydrogens (tertiary/aromatic N) is 2. The second kappa shape index (κ2) is 2.73. The molecule has 0 aromatic rings. The van der Waals surface area contributed by atoms with Crippen LogP contribution in [0.3, 0.4) is 0 Å². The SMILES string of the molecule is CN(C)C1(C)C2CCC1C2(C)N(C)C. The third kappa shape index (κ3) is 0.849. The number of hydrogen-bond donors (Lipinski definition) is 0. The van der Waals surface area contributed by atoms with E-state index in [1.807, 2.05) is 0 Å². The van der Waals surface area contributed by atoms with Gasteiger partial charge in [0.1, 0.15) is 0 Å². The molecular formula is C12H24N2. The van der Waals surface area contributed by atoms with Crippen LogP contribution >= 0.6 is 0 Å². The van der Waals surface area contributed by atoms with Crippen LogP contribution in [0.2, 0.25) is 0 Å². The van der Waals surface area contributed by atoms with Crippen molar-refractivity contribution in [2.75, 3.05) is 28.2 Å². The van der Waals surface area contributed by atoms with Crippen LogP contribution in [0.5, 0.6) is 0 Å². The maximum absolute atomic E-state index is 2.45. The van der Waals surface area contributed by atoms with E-state index in [9.17, 15) is 0 Å². The largest absolute Gasteiger partial charge is 0.303 e. The van der Waals surface area contributed by atoms with Crippen LogP contribution in [-0.2, 0) is 0 Å². The van der Waals surface area contributed by atoms with Gasteiger partial charge in [-0.3, -0.25) is 0 Å². The minimum absolute atomic E-state index is 0.457. The van der Waals surface area contributed by atoms with E-state index in [1.54, 1.807) is 0 Å². The lowest BCUT2D eigenvalue weighted by Crippen LogP contribution is -2.75. The van der Waals surface area contributed by atoms with Crippen LogP contribution < -0.4 is 0 Å². The zero-order valence-corrected chi connectivity index (χ0v) is 10.5. The molecule has 2 nitrogen and oxygen atoms in total. The summed E-state index contributed by atoms with van der Waals surface area (Å²) in [6.45, 7) is 4.89. The smallest absolute Gasteiger partial charge is 0.0266 e. The highest BCUT2D eigenvalue weighted by molar-refractivity contribution is 5.26. The van der Waals surface area contributed by atoms with Crippen LogP contribution in [0.25, 0.3) is 0 Å². The minimum Gasteiger partial charge on any atom is -0.303 e. The molecule has 0 heterocycles. The van der Waals surface area contributed by atoms with E-state index in [0.29, 0.717) is 11.1 Å². The van der Waals surface area contributed by atoms with Crippen LogP contribution in [0.15, 0.2) is 0 Å². The molecule has 3 rings (SSSR count). The Bertz CT molecular complexity index is 211. The van der Waals surface area contributed by atoms with Crippen molar-refractivity contribution < 1.29 is 0 Å². The molecule has 0 unspecified atom stereocenters.